The number of benzene rings is 2. The highest BCUT2D eigenvalue weighted by Crippen LogP contribution is 2.30. The molecule has 2 aromatic rings. The molecule has 2 heteroatoms. The molecule has 1 atom stereocenters. The molecule has 0 aliphatic carbocycles. The van der Waals surface area contributed by atoms with Gasteiger partial charge in [-0.1, -0.05) is 41.8 Å². The van der Waals surface area contributed by atoms with Crippen molar-refractivity contribution in [2.75, 3.05) is 13.6 Å². The summed E-state index contributed by atoms with van der Waals surface area (Å²) in [4.78, 5) is 2.30. The lowest BCUT2D eigenvalue weighted by molar-refractivity contribution is 0.280. The quantitative estimate of drug-likeness (QED) is 0.465. The maximum atomic E-state index is 10.1. The Morgan fingerprint density at radius 3 is 1.47 bits per heavy atom. The fourth-order valence-electron chi connectivity index (χ4n) is 4.23. The van der Waals surface area contributed by atoms with Gasteiger partial charge in [-0.15, -0.1) is 0 Å². The Hall–Kier alpha value is -2.11. The highest BCUT2D eigenvalue weighted by molar-refractivity contribution is 5.49. The normalized spacial score (nSPS) is 11.8. The average Bonchev–Trinajstić information content (AvgIpc) is 2.65. The van der Waals surface area contributed by atoms with Crippen LogP contribution < -0.4 is 0 Å². The van der Waals surface area contributed by atoms with E-state index in [1.807, 2.05) is 0 Å². The molecule has 0 bridgehead atoms. The first-order valence-electron chi connectivity index (χ1n) is 10.2. The van der Waals surface area contributed by atoms with Gasteiger partial charge in [-0.25, -0.2) is 0 Å². The van der Waals surface area contributed by atoms with Crippen molar-refractivity contribution >= 4 is 0 Å². The number of hydrogen-bond acceptors (Lipinski definition) is 2. The van der Waals surface area contributed by atoms with E-state index in [-0.39, 0.29) is 29.7 Å². The van der Waals surface area contributed by atoms with Crippen LogP contribution in [-0.4, -0.2) is 18.5 Å². The lowest BCUT2D eigenvalue weighted by Gasteiger charge is -2.31. The van der Waals surface area contributed by atoms with E-state index in [9.17, 15) is 5.26 Å². The van der Waals surface area contributed by atoms with Gasteiger partial charge in [-0.05, 0) is 125 Å². The van der Waals surface area contributed by atoms with Gasteiger partial charge < -0.3 is 4.90 Å². The molecule has 0 spiro atoms. The molecule has 2 rings (SSSR count). The van der Waals surface area contributed by atoms with Gasteiger partial charge in [0.15, 0.2) is 0 Å². The third-order valence-corrected chi connectivity index (χ3v) is 6.98. The minimum absolute atomic E-state index is 0. The van der Waals surface area contributed by atoms with Gasteiger partial charge in [0.05, 0.1) is 11.5 Å². The molecule has 0 aromatic heterocycles. The zero-order valence-electron chi connectivity index (χ0n) is 19.5. The van der Waals surface area contributed by atoms with E-state index in [1.165, 1.54) is 50.1 Å². The van der Waals surface area contributed by atoms with E-state index >= 15 is 0 Å². The number of aryl methyl sites for hydroxylation is 2. The van der Waals surface area contributed by atoms with Crippen molar-refractivity contribution in [2.24, 2.45) is 0 Å². The van der Waals surface area contributed by atoms with Crippen LogP contribution in [0.5, 0.6) is 0 Å². The van der Waals surface area contributed by atoms with E-state index in [2.05, 4.69) is 92.5 Å². The second-order valence-corrected chi connectivity index (χ2v) is 8.95. The van der Waals surface area contributed by atoms with Crippen LogP contribution in [0.3, 0.4) is 0 Å². The van der Waals surface area contributed by atoms with Crippen LogP contribution in [0, 0.1) is 66.7 Å². The Morgan fingerprint density at radius 1 is 0.719 bits per heavy atom. The van der Waals surface area contributed by atoms with Gasteiger partial charge in [0.2, 0.25) is 0 Å². The lowest BCUT2D eigenvalue weighted by atomic mass is 9.81. The average molecular weight is 441 g/mol. The summed E-state index contributed by atoms with van der Waals surface area (Å²) in [6, 6.07) is 6.99. The Balaban J connectivity index is -0.00000210. The Kier molecular flexibility index (Phi) is 13.8. The molecule has 0 fully saturated rings. The van der Waals surface area contributed by atoms with Crippen molar-refractivity contribution in [2.45, 2.75) is 104 Å². The monoisotopic (exact) mass is 440 g/mol. The third kappa shape index (κ3) is 6.46. The summed E-state index contributed by atoms with van der Waals surface area (Å²) in [5.74, 6) is 0. The fourth-order valence-corrected chi connectivity index (χ4v) is 4.23. The predicted octanol–water partition coefficient (Wildman–Crippen LogP) is 8.61. The van der Waals surface area contributed by atoms with Crippen LogP contribution in [-0.2, 0) is 12.0 Å². The number of nitrogens with zero attached hydrogens (tertiary/aromatic N) is 2. The Bertz CT molecular complexity index is 894. The van der Waals surface area contributed by atoms with Crippen molar-refractivity contribution < 1.29 is 0 Å². The van der Waals surface area contributed by atoms with E-state index in [0.29, 0.717) is 6.54 Å². The first kappa shape index (κ1) is 34.5. The highest BCUT2D eigenvalue weighted by atomic mass is 15.1. The minimum atomic E-state index is -0.533. The van der Waals surface area contributed by atoms with Crippen LogP contribution in [0.1, 0.15) is 92.3 Å². The maximum Gasteiger partial charge on any atom is 0.0920 e. The molecular weight excluding hydrogens is 388 g/mol. The molecule has 0 radical (unpaired) electrons. The standard InChI is InChI=1S/C26H36N2.4CH4/c1-16-11-24(12-17(2)18(16)3)26(9,14-27)15-28(10)13-25-22(7)20(5)19(4)21(6)23(25)8;;;;/h11-12H,13,15H2,1-10H3;4*1H4. The molecule has 2 aromatic carbocycles. The first-order valence-corrected chi connectivity index (χ1v) is 10.2. The molecule has 0 saturated carbocycles. The summed E-state index contributed by atoms with van der Waals surface area (Å²) in [5.41, 5.74) is 12.8. The van der Waals surface area contributed by atoms with Crippen LogP contribution >= 0.6 is 0 Å². The summed E-state index contributed by atoms with van der Waals surface area (Å²) in [7, 11) is 2.13. The van der Waals surface area contributed by atoms with E-state index < -0.39 is 5.41 Å². The van der Waals surface area contributed by atoms with E-state index in [0.717, 1.165) is 12.1 Å². The maximum absolute atomic E-state index is 10.1. The first-order chi connectivity index (χ1) is 12.9. The summed E-state index contributed by atoms with van der Waals surface area (Å²) in [6.45, 7) is 21.2. The molecule has 0 N–H and O–H groups in total. The predicted molar refractivity (Wildman–Crippen MR) is 147 cm³/mol. The molecule has 2 nitrogen and oxygen atoms in total. The van der Waals surface area contributed by atoms with Crippen molar-refractivity contribution in [1.82, 2.24) is 4.90 Å². The van der Waals surface area contributed by atoms with Crippen LogP contribution in [0.4, 0.5) is 0 Å². The van der Waals surface area contributed by atoms with Crippen molar-refractivity contribution in [3.05, 3.63) is 67.8 Å². The SMILES string of the molecule is C.C.C.C.Cc1cc(C(C)(C#N)CN(C)Cc2c(C)c(C)c(C)c(C)c2C)cc(C)c1C. The van der Waals surface area contributed by atoms with Crippen LogP contribution in [0.25, 0.3) is 0 Å². The molecule has 0 amide bonds. The topological polar surface area (TPSA) is 27.0 Å². The number of rotatable bonds is 5. The third-order valence-electron chi connectivity index (χ3n) is 6.98. The van der Waals surface area contributed by atoms with Gasteiger partial charge in [0.25, 0.3) is 0 Å². The zero-order chi connectivity index (χ0) is 21.4. The molecule has 0 aliphatic heterocycles. The van der Waals surface area contributed by atoms with Crippen molar-refractivity contribution in [1.29, 1.82) is 5.26 Å². The van der Waals surface area contributed by atoms with Gasteiger partial charge >= 0.3 is 0 Å². The van der Waals surface area contributed by atoms with Gasteiger partial charge in [-0.2, -0.15) is 5.26 Å². The summed E-state index contributed by atoms with van der Waals surface area (Å²) in [5, 5.41) is 10.1. The second kappa shape index (κ2) is 12.8. The zero-order valence-corrected chi connectivity index (χ0v) is 19.5. The summed E-state index contributed by atoms with van der Waals surface area (Å²) >= 11 is 0. The van der Waals surface area contributed by atoms with E-state index in [1.54, 1.807) is 0 Å². The molecular formula is C30H52N2. The van der Waals surface area contributed by atoms with Gasteiger partial charge in [-0.3, -0.25) is 0 Å². The largest absolute Gasteiger partial charge is 0.300 e. The highest BCUT2D eigenvalue weighted by Gasteiger charge is 2.29. The molecule has 182 valence electrons. The van der Waals surface area contributed by atoms with Crippen molar-refractivity contribution in [3.8, 4) is 6.07 Å². The number of nitriles is 1. The Labute approximate surface area is 201 Å². The number of hydrogen-bond donors (Lipinski definition) is 0. The molecule has 0 saturated heterocycles. The molecule has 0 heterocycles. The fraction of sp³-hybridized carbons (Fsp3) is 0.567. The molecule has 32 heavy (non-hydrogen) atoms. The Morgan fingerprint density at radius 2 is 1.09 bits per heavy atom. The minimum Gasteiger partial charge on any atom is -0.300 e. The lowest BCUT2D eigenvalue weighted by Crippen LogP contribution is -2.36. The summed E-state index contributed by atoms with van der Waals surface area (Å²) in [6.07, 6.45) is 0. The summed E-state index contributed by atoms with van der Waals surface area (Å²) < 4.78 is 0. The van der Waals surface area contributed by atoms with Gasteiger partial charge in [0, 0.05) is 13.1 Å². The van der Waals surface area contributed by atoms with Gasteiger partial charge in [0.1, 0.15) is 0 Å². The molecule has 0 aliphatic rings. The van der Waals surface area contributed by atoms with Crippen molar-refractivity contribution in [3.63, 3.8) is 0 Å². The molecule has 1 unspecified atom stereocenters. The second-order valence-electron chi connectivity index (χ2n) is 8.95. The smallest absolute Gasteiger partial charge is 0.0920 e. The van der Waals surface area contributed by atoms with E-state index in [4.69, 9.17) is 0 Å². The van der Waals surface area contributed by atoms with Crippen LogP contribution in [0.15, 0.2) is 12.1 Å². The van der Waals surface area contributed by atoms with Crippen LogP contribution in [0.2, 0.25) is 0 Å². The number of likely N-dealkylation sites (N-methyl/N-ethyl adjacent to an activating group) is 1.